The fourth-order valence-electron chi connectivity index (χ4n) is 4.39. The van der Waals surface area contributed by atoms with Gasteiger partial charge in [0, 0.05) is 33.4 Å². The third-order valence-electron chi connectivity index (χ3n) is 6.57. The van der Waals surface area contributed by atoms with Gasteiger partial charge in [-0.2, -0.15) is 0 Å². The van der Waals surface area contributed by atoms with Gasteiger partial charge in [-0.15, -0.1) is 0 Å². The maximum atomic E-state index is 5.30. The van der Waals surface area contributed by atoms with Crippen molar-refractivity contribution in [2.24, 2.45) is 21.7 Å². The molecule has 0 heterocycles. The van der Waals surface area contributed by atoms with Gasteiger partial charge in [-0.1, -0.05) is 12.8 Å². The minimum atomic E-state index is 0.406. The molecule has 0 radical (unpaired) electrons. The monoisotopic (exact) mass is 321 g/mol. The molecule has 3 aliphatic rings. The molecular formula is C19H35N3O. The summed E-state index contributed by atoms with van der Waals surface area (Å²) in [7, 11) is 1.80. The highest BCUT2D eigenvalue weighted by Gasteiger charge is 2.48. The molecule has 2 N–H and O–H groups in total. The molecule has 0 aromatic rings. The molecule has 3 aliphatic carbocycles. The lowest BCUT2D eigenvalue weighted by Gasteiger charge is -2.43. The van der Waals surface area contributed by atoms with E-state index in [2.05, 4.69) is 17.6 Å². The second-order valence-electron chi connectivity index (χ2n) is 8.14. The van der Waals surface area contributed by atoms with Crippen LogP contribution in [0.5, 0.6) is 0 Å². The Hall–Kier alpha value is -0.770. The first-order valence-electron chi connectivity index (χ1n) is 9.73. The van der Waals surface area contributed by atoms with Gasteiger partial charge in [-0.25, -0.2) is 0 Å². The lowest BCUT2D eigenvalue weighted by atomic mass is 9.65. The molecule has 4 nitrogen and oxygen atoms in total. The summed E-state index contributed by atoms with van der Waals surface area (Å²) in [4.78, 5) is 4.94. The van der Waals surface area contributed by atoms with Crippen LogP contribution in [0, 0.1) is 16.7 Å². The molecule has 4 heteroatoms. The molecule has 0 aromatic heterocycles. The maximum absolute atomic E-state index is 5.30. The Balaban J connectivity index is 1.52. The van der Waals surface area contributed by atoms with E-state index in [0.717, 1.165) is 44.5 Å². The first kappa shape index (κ1) is 17.1. The molecule has 3 fully saturated rings. The second-order valence-corrected chi connectivity index (χ2v) is 8.14. The molecule has 0 aromatic carbocycles. The summed E-state index contributed by atoms with van der Waals surface area (Å²) >= 11 is 0. The number of ether oxygens (including phenoxy) is 1. The Labute approximate surface area is 141 Å². The van der Waals surface area contributed by atoms with Gasteiger partial charge in [0.25, 0.3) is 0 Å². The predicted octanol–water partition coefficient (Wildman–Crippen LogP) is 3.33. The van der Waals surface area contributed by atoms with Crippen molar-refractivity contribution in [3.8, 4) is 0 Å². The number of nitrogens with zero attached hydrogens (tertiary/aromatic N) is 1. The summed E-state index contributed by atoms with van der Waals surface area (Å²) in [6, 6.07) is 0. The van der Waals surface area contributed by atoms with E-state index >= 15 is 0 Å². The van der Waals surface area contributed by atoms with Crippen LogP contribution in [0.25, 0.3) is 0 Å². The first-order chi connectivity index (χ1) is 11.2. The Morgan fingerprint density at radius 2 is 1.87 bits per heavy atom. The molecule has 132 valence electrons. The summed E-state index contributed by atoms with van der Waals surface area (Å²) in [5.41, 5.74) is 1.00. The number of hydrogen-bond donors (Lipinski definition) is 2. The van der Waals surface area contributed by atoms with Crippen LogP contribution in [0.15, 0.2) is 4.99 Å². The predicted molar refractivity (Wildman–Crippen MR) is 95.8 cm³/mol. The molecule has 0 amide bonds. The van der Waals surface area contributed by atoms with Crippen LogP contribution in [0.2, 0.25) is 0 Å². The van der Waals surface area contributed by atoms with Gasteiger partial charge in [-0.3, -0.25) is 4.99 Å². The highest BCUT2D eigenvalue weighted by Crippen LogP contribution is 2.56. The lowest BCUT2D eigenvalue weighted by Crippen LogP contribution is -2.48. The second kappa shape index (κ2) is 7.42. The molecule has 3 rings (SSSR count). The van der Waals surface area contributed by atoms with Crippen LogP contribution in [-0.2, 0) is 4.74 Å². The maximum Gasteiger partial charge on any atom is 0.191 e. The van der Waals surface area contributed by atoms with Crippen molar-refractivity contribution in [2.45, 2.75) is 64.7 Å². The van der Waals surface area contributed by atoms with Crippen LogP contribution in [0.3, 0.4) is 0 Å². The summed E-state index contributed by atoms with van der Waals surface area (Å²) in [5, 5.41) is 7.12. The molecular weight excluding hydrogens is 286 g/mol. The zero-order valence-electron chi connectivity index (χ0n) is 15.1. The van der Waals surface area contributed by atoms with Gasteiger partial charge in [0.1, 0.15) is 0 Å². The van der Waals surface area contributed by atoms with Gasteiger partial charge >= 0.3 is 0 Å². The van der Waals surface area contributed by atoms with Crippen LogP contribution < -0.4 is 10.6 Å². The van der Waals surface area contributed by atoms with E-state index < -0.39 is 0 Å². The van der Waals surface area contributed by atoms with Crippen molar-refractivity contribution in [3.63, 3.8) is 0 Å². The smallest absolute Gasteiger partial charge is 0.191 e. The van der Waals surface area contributed by atoms with Crippen molar-refractivity contribution in [1.82, 2.24) is 10.6 Å². The average Bonchev–Trinajstić information content (AvgIpc) is 3.29. The van der Waals surface area contributed by atoms with Gasteiger partial charge in [-0.05, 0) is 68.6 Å². The minimum Gasteiger partial charge on any atom is -0.385 e. The summed E-state index contributed by atoms with van der Waals surface area (Å²) < 4.78 is 5.30. The fraction of sp³-hybridized carbons (Fsp3) is 0.947. The van der Waals surface area contributed by atoms with Crippen LogP contribution in [0.1, 0.15) is 64.7 Å². The van der Waals surface area contributed by atoms with E-state index in [-0.39, 0.29) is 0 Å². The largest absolute Gasteiger partial charge is 0.385 e. The lowest BCUT2D eigenvalue weighted by molar-refractivity contribution is 0.0776. The number of rotatable bonds is 9. The van der Waals surface area contributed by atoms with Crippen molar-refractivity contribution in [2.75, 3.05) is 33.4 Å². The van der Waals surface area contributed by atoms with Crippen LogP contribution >= 0.6 is 0 Å². The Kier molecular flexibility index (Phi) is 5.50. The van der Waals surface area contributed by atoms with E-state index in [1.807, 2.05) is 0 Å². The van der Waals surface area contributed by atoms with E-state index in [0.29, 0.717) is 10.8 Å². The van der Waals surface area contributed by atoms with Crippen molar-refractivity contribution in [3.05, 3.63) is 0 Å². The quantitative estimate of drug-likeness (QED) is 0.506. The SMILES string of the molecule is CCNC(=NCC1(CCOC)CCC1)NCC1(C2CC2)CCC1. The van der Waals surface area contributed by atoms with E-state index in [1.54, 1.807) is 7.11 Å². The fourth-order valence-corrected chi connectivity index (χ4v) is 4.39. The molecule has 0 spiro atoms. The zero-order valence-corrected chi connectivity index (χ0v) is 15.1. The van der Waals surface area contributed by atoms with Gasteiger partial charge in [0.2, 0.25) is 0 Å². The van der Waals surface area contributed by atoms with Gasteiger partial charge < -0.3 is 15.4 Å². The Morgan fingerprint density at radius 1 is 1.13 bits per heavy atom. The molecule has 0 aliphatic heterocycles. The molecule has 0 atom stereocenters. The third-order valence-corrected chi connectivity index (χ3v) is 6.57. The van der Waals surface area contributed by atoms with Gasteiger partial charge in [0.05, 0.1) is 0 Å². The normalized spacial score (nSPS) is 25.4. The van der Waals surface area contributed by atoms with Crippen LogP contribution in [0.4, 0.5) is 0 Å². The van der Waals surface area contributed by atoms with Gasteiger partial charge in [0.15, 0.2) is 5.96 Å². The highest BCUT2D eigenvalue weighted by molar-refractivity contribution is 5.79. The zero-order chi connectivity index (χ0) is 16.2. The number of nitrogens with one attached hydrogen (secondary N) is 2. The average molecular weight is 322 g/mol. The molecule has 0 bridgehead atoms. The number of aliphatic imine (C=N–C) groups is 1. The molecule has 0 saturated heterocycles. The number of guanidine groups is 1. The number of methoxy groups -OCH3 is 1. The topological polar surface area (TPSA) is 45.7 Å². The molecule has 3 saturated carbocycles. The standard InChI is InChI=1S/C19H35N3O/c1-3-20-17(21-14-18(8-4-9-18)12-13-23-2)22-15-19(10-5-11-19)16-6-7-16/h16H,3-15H2,1-2H3,(H2,20,21,22). The third kappa shape index (κ3) is 4.01. The van der Waals surface area contributed by atoms with E-state index in [1.165, 1.54) is 51.4 Å². The Bertz CT molecular complexity index is 409. The van der Waals surface area contributed by atoms with Crippen molar-refractivity contribution in [1.29, 1.82) is 0 Å². The minimum absolute atomic E-state index is 0.406. The number of hydrogen-bond acceptors (Lipinski definition) is 2. The highest BCUT2D eigenvalue weighted by atomic mass is 16.5. The summed E-state index contributed by atoms with van der Waals surface area (Å²) in [6.07, 6.45) is 12.3. The first-order valence-corrected chi connectivity index (χ1v) is 9.73. The van der Waals surface area contributed by atoms with Crippen LogP contribution in [-0.4, -0.2) is 39.3 Å². The summed E-state index contributed by atoms with van der Waals surface area (Å²) in [5.74, 6) is 2.02. The van der Waals surface area contributed by atoms with Crippen molar-refractivity contribution < 1.29 is 4.74 Å². The Morgan fingerprint density at radius 3 is 2.35 bits per heavy atom. The summed E-state index contributed by atoms with van der Waals surface area (Å²) in [6.45, 7) is 6.02. The van der Waals surface area contributed by atoms with E-state index in [9.17, 15) is 0 Å². The van der Waals surface area contributed by atoms with E-state index in [4.69, 9.17) is 9.73 Å². The van der Waals surface area contributed by atoms with Crippen molar-refractivity contribution >= 4 is 5.96 Å². The molecule has 0 unspecified atom stereocenters. The molecule has 23 heavy (non-hydrogen) atoms.